The number of alkyl halides is 4. The van der Waals surface area contributed by atoms with Gasteiger partial charge < -0.3 is 15.5 Å². The lowest BCUT2D eigenvalue weighted by Gasteiger charge is -2.15. The summed E-state index contributed by atoms with van der Waals surface area (Å²) in [6.45, 7) is -1.52. The zero-order valence-corrected chi connectivity index (χ0v) is 8.83. The quantitative estimate of drug-likeness (QED) is 0.574. The molecule has 0 aliphatic carbocycles. The van der Waals surface area contributed by atoms with Gasteiger partial charge in [0.25, 0.3) is 5.91 Å². The van der Waals surface area contributed by atoms with Gasteiger partial charge in [-0.3, -0.25) is 4.79 Å². The molecule has 4 nitrogen and oxygen atoms in total. The first-order valence-electron chi connectivity index (χ1n) is 4.70. The fraction of sp³-hybridized carbons (Fsp3) is 0.300. The lowest BCUT2D eigenvalue weighted by molar-refractivity contribution is -0.123. The molecule has 0 aromatic heterocycles. The van der Waals surface area contributed by atoms with Gasteiger partial charge in [-0.25, -0.2) is 8.78 Å². The van der Waals surface area contributed by atoms with Gasteiger partial charge in [0.05, 0.1) is 6.54 Å². The van der Waals surface area contributed by atoms with Crippen molar-refractivity contribution >= 4 is 5.91 Å². The third-order valence-corrected chi connectivity index (χ3v) is 2.04. The molecule has 0 saturated heterocycles. The van der Waals surface area contributed by atoms with Gasteiger partial charge in [0, 0.05) is 5.56 Å². The van der Waals surface area contributed by atoms with Crippen LogP contribution in [0.3, 0.4) is 0 Å². The van der Waals surface area contributed by atoms with Crippen LogP contribution in [0.4, 0.5) is 17.6 Å². The molecule has 0 atom stereocenters. The van der Waals surface area contributed by atoms with Crippen LogP contribution in [0.1, 0.15) is 10.4 Å². The number of carbonyl (C=O) groups is 1. The Balaban J connectivity index is 2.69. The Morgan fingerprint density at radius 3 is 2.39 bits per heavy atom. The molecule has 0 radical (unpaired) electrons. The van der Waals surface area contributed by atoms with Crippen molar-refractivity contribution in [2.45, 2.75) is 12.3 Å². The minimum atomic E-state index is -4.32. The Morgan fingerprint density at radius 1 is 1.28 bits per heavy atom. The van der Waals surface area contributed by atoms with Crippen LogP contribution < -0.4 is 5.32 Å². The topological polar surface area (TPSA) is 69.6 Å². The summed E-state index contributed by atoms with van der Waals surface area (Å²) >= 11 is 0. The van der Waals surface area contributed by atoms with Crippen molar-refractivity contribution in [2.24, 2.45) is 0 Å². The van der Waals surface area contributed by atoms with E-state index in [4.69, 9.17) is 10.2 Å². The molecule has 18 heavy (non-hydrogen) atoms. The number of hydrogen-bond donors (Lipinski definition) is 3. The van der Waals surface area contributed by atoms with E-state index in [-0.39, 0.29) is 5.56 Å². The molecule has 0 spiro atoms. The largest absolute Gasteiger partial charge is 0.504 e. The number of carbonyl (C=O) groups excluding carboxylic acids is 1. The van der Waals surface area contributed by atoms with Crippen LogP contribution in [-0.4, -0.2) is 35.0 Å². The van der Waals surface area contributed by atoms with E-state index in [1.165, 1.54) is 0 Å². The maximum atomic E-state index is 12.5. The Labute approximate surface area is 98.9 Å². The van der Waals surface area contributed by atoms with Crippen LogP contribution in [0, 0.1) is 0 Å². The number of phenolic OH excluding ortho intramolecular Hbond substituents is 2. The highest BCUT2D eigenvalue weighted by molar-refractivity contribution is 5.94. The van der Waals surface area contributed by atoms with E-state index in [2.05, 4.69) is 0 Å². The van der Waals surface area contributed by atoms with Crippen molar-refractivity contribution in [1.29, 1.82) is 0 Å². The van der Waals surface area contributed by atoms with E-state index in [0.717, 1.165) is 18.2 Å². The van der Waals surface area contributed by atoms with E-state index in [9.17, 15) is 22.4 Å². The highest BCUT2D eigenvalue weighted by atomic mass is 19.3. The smallest absolute Gasteiger partial charge is 0.324 e. The van der Waals surface area contributed by atoms with Crippen molar-refractivity contribution in [3.63, 3.8) is 0 Å². The Hall–Kier alpha value is -1.99. The number of halogens is 4. The minimum absolute atomic E-state index is 0.240. The fourth-order valence-electron chi connectivity index (χ4n) is 1.04. The number of aromatic hydroxyl groups is 2. The zero-order valence-electron chi connectivity index (χ0n) is 8.83. The lowest BCUT2D eigenvalue weighted by Crippen LogP contribution is -2.41. The Morgan fingerprint density at radius 2 is 1.89 bits per heavy atom. The molecule has 0 fully saturated rings. The second kappa shape index (κ2) is 5.11. The molecule has 1 aromatic rings. The Bertz CT molecular complexity index is 451. The number of amides is 1. The van der Waals surface area contributed by atoms with Gasteiger partial charge in [0.2, 0.25) is 0 Å². The van der Waals surface area contributed by atoms with Crippen LogP contribution in [0.15, 0.2) is 18.2 Å². The number of phenols is 2. The maximum Gasteiger partial charge on any atom is 0.324 e. The summed E-state index contributed by atoms with van der Waals surface area (Å²) in [6, 6.07) is 2.84. The molecule has 0 saturated carbocycles. The number of nitrogens with one attached hydrogen (secondary N) is 1. The first-order valence-corrected chi connectivity index (χ1v) is 4.70. The number of rotatable bonds is 4. The predicted molar refractivity (Wildman–Crippen MR) is 53.1 cm³/mol. The highest BCUT2D eigenvalue weighted by Crippen LogP contribution is 2.25. The van der Waals surface area contributed by atoms with Gasteiger partial charge in [0.15, 0.2) is 11.5 Å². The molecule has 0 bridgehead atoms. The molecule has 8 heteroatoms. The van der Waals surface area contributed by atoms with Crippen molar-refractivity contribution in [1.82, 2.24) is 5.32 Å². The predicted octanol–water partition coefficient (Wildman–Crippen LogP) is 1.73. The fourth-order valence-corrected chi connectivity index (χ4v) is 1.04. The molecule has 1 rings (SSSR count). The third kappa shape index (κ3) is 3.25. The molecule has 1 aromatic carbocycles. The first kappa shape index (κ1) is 14.1. The molecule has 1 amide bonds. The third-order valence-electron chi connectivity index (χ3n) is 2.04. The van der Waals surface area contributed by atoms with Crippen LogP contribution in [0.25, 0.3) is 0 Å². The van der Waals surface area contributed by atoms with Crippen LogP contribution >= 0.6 is 0 Å². The summed E-state index contributed by atoms with van der Waals surface area (Å²) in [7, 11) is 0. The van der Waals surface area contributed by atoms with Crippen molar-refractivity contribution in [3.8, 4) is 11.5 Å². The monoisotopic (exact) mass is 267 g/mol. The molecular formula is C10H9F4NO3. The Kier molecular flexibility index (Phi) is 4.00. The second-order valence-corrected chi connectivity index (χ2v) is 3.45. The van der Waals surface area contributed by atoms with E-state index >= 15 is 0 Å². The summed E-state index contributed by atoms with van der Waals surface area (Å²) in [5.74, 6) is -6.51. The van der Waals surface area contributed by atoms with Gasteiger partial charge in [0.1, 0.15) is 0 Å². The van der Waals surface area contributed by atoms with Gasteiger partial charge in [-0.15, -0.1) is 0 Å². The molecule has 0 heterocycles. The number of benzene rings is 1. The van der Waals surface area contributed by atoms with Gasteiger partial charge in [-0.1, -0.05) is 0 Å². The lowest BCUT2D eigenvalue weighted by atomic mass is 10.2. The van der Waals surface area contributed by atoms with Crippen LogP contribution in [-0.2, 0) is 0 Å². The molecule has 0 aliphatic rings. The summed E-state index contributed by atoms with van der Waals surface area (Å²) in [4.78, 5) is 11.3. The maximum absolute atomic E-state index is 12.5. The van der Waals surface area contributed by atoms with Gasteiger partial charge in [-0.2, -0.15) is 8.78 Å². The van der Waals surface area contributed by atoms with E-state index in [0.29, 0.717) is 0 Å². The standard InChI is InChI=1S/C10H9F4NO3/c11-9(12)10(13,14)4-15-8(18)5-1-2-6(16)7(17)3-5/h1-3,9,16-17H,4H2,(H,15,18). The summed E-state index contributed by atoms with van der Waals surface area (Å²) in [6.07, 6.45) is -3.88. The van der Waals surface area contributed by atoms with Crippen molar-refractivity contribution in [2.75, 3.05) is 6.54 Å². The van der Waals surface area contributed by atoms with E-state index in [1.54, 1.807) is 5.32 Å². The number of hydrogen-bond acceptors (Lipinski definition) is 3. The average Bonchev–Trinajstić information content (AvgIpc) is 2.29. The summed E-state index contributed by atoms with van der Waals surface area (Å²) in [5.41, 5.74) is -0.240. The second-order valence-electron chi connectivity index (χ2n) is 3.45. The first-order chi connectivity index (χ1) is 8.24. The SMILES string of the molecule is O=C(NCC(F)(F)C(F)F)c1ccc(O)c(O)c1. The van der Waals surface area contributed by atoms with Crippen LogP contribution in [0.5, 0.6) is 11.5 Å². The van der Waals surface area contributed by atoms with Crippen LogP contribution in [0.2, 0.25) is 0 Å². The minimum Gasteiger partial charge on any atom is -0.504 e. The van der Waals surface area contributed by atoms with Gasteiger partial charge >= 0.3 is 12.3 Å². The average molecular weight is 267 g/mol. The zero-order chi connectivity index (χ0) is 13.9. The van der Waals surface area contributed by atoms with E-state index in [1.807, 2.05) is 0 Å². The molecule has 100 valence electrons. The summed E-state index contributed by atoms with van der Waals surface area (Å²) in [5, 5.41) is 19.6. The molecule has 0 aliphatic heterocycles. The van der Waals surface area contributed by atoms with Gasteiger partial charge in [-0.05, 0) is 18.2 Å². The molecule has 0 unspecified atom stereocenters. The van der Waals surface area contributed by atoms with E-state index < -0.39 is 36.3 Å². The molecule has 3 N–H and O–H groups in total. The molecular weight excluding hydrogens is 258 g/mol. The van der Waals surface area contributed by atoms with Crippen molar-refractivity contribution < 1.29 is 32.6 Å². The van der Waals surface area contributed by atoms with Crippen molar-refractivity contribution in [3.05, 3.63) is 23.8 Å². The normalized spacial score (nSPS) is 11.6. The highest BCUT2D eigenvalue weighted by Gasteiger charge is 2.40. The summed E-state index contributed by atoms with van der Waals surface area (Å²) < 4.78 is 48.6.